The van der Waals surface area contributed by atoms with Gasteiger partial charge in [-0.2, -0.15) is 0 Å². The lowest BCUT2D eigenvalue weighted by atomic mass is 9.54. The van der Waals surface area contributed by atoms with Crippen LogP contribution in [0.2, 0.25) is 0 Å². The number of anilines is 1. The number of carbonyl (C=O) groups is 2. The maximum absolute atomic E-state index is 13.7. The quantitative estimate of drug-likeness (QED) is 0.733. The summed E-state index contributed by atoms with van der Waals surface area (Å²) < 4.78 is 18.8. The fourth-order valence-electron chi connectivity index (χ4n) is 6.82. The van der Waals surface area contributed by atoms with Gasteiger partial charge in [-0.1, -0.05) is 18.1 Å². The number of carbonyl (C=O) groups excluding carboxylic acids is 2. The average Bonchev–Trinajstić information content (AvgIpc) is 3.25. The Morgan fingerprint density at radius 1 is 1.32 bits per heavy atom. The smallest absolute Gasteiger partial charge is 0.225 e. The van der Waals surface area contributed by atoms with E-state index in [1.807, 2.05) is 6.07 Å². The fourth-order valence-corrected chi connectivity index (χ4v) is 6.82. The molecule has 0 bridgehead atoms. The number of nitrogens with one attached hydrogen (secondary N) is 1. The third-order valence-electron chi connectivity index (χ3n) is 8.17. The zero-order chi connectivity index (χ0) is 21.8. The first-order valence-electron chi connectivity index (χ1n) is 11.4. The molecule has 3 aliphatic rings. The molecule has 0 aliphatic heterocycles. The number of halogens is 1. The van der Waals surface area contributed by atoms with Crippen LogP contribution in [0.1, 0.15) is 68.3 Å². The Balaban J connectivity index is 1.33. The molecule has 1 heterocycles. The summed E-state index contributed by atoms with van der Waals surface area (Å²) in [7, 11) is 0. The Kier molecular flexibility index (Phi) is 4.98. The van der Waals surface area contributed by atoms with Gasteiger partial charge in [0.25, 0.3) is 0 Å². The minimum absolute atomic E-state index is 0.0915. The molecule has 164 valence electrons. The highest BCUT2D eigenvalue weighted by Gasteiger charge is 2.58. The number of aryl methyl sites for hydroxylation is 2. The molecule has 1 amide bonds. The number of benzene rings is 1. The van der Waals surface area contributed by atoms with E-state index in [2.05, 4.69) is 17.4 Å². The number of hydrogen-bond acceptors (Lipinski definition) is 4. The van der Waals surface area contributed by atoms with Gasteiger partial charge in [-0.05, 0) is 86.0 Å². The molecule has 5 atom stereocenters. The van der Waals surface area contributed by atoms with Crippen LogP contribution in [0.25, 0.3) is 0 Å². The van der Waals surface area contributed by atoms with Crippen LogP contribution in [0.15, 0.2) is 28.8 Å². The zero-order valence-electron chi connectivity index (χ0n) is 18.1. The number of Topliss-reactive ketones (excluding diaryl/α,β-unsaturated/α-hetero) is 1. The van der Waals surface area contributed by atoms with Gasteiger partial charge < -0.3 is 9.84 Å². The molecule has 6 heteroatoms. The standard InChI is InChI=1S/C25H29FN2O3/c1-14-11-22(28-31-14)27-23(30)8-4-16-13-21(29)25(2)10-9-19-18-7-5-17(26)12-15(18)3-6-20(19)24(16)25/h5,7,11-12,16,19-20,24H,3-4,6,8-10,13H2,1-2H3,(H,27,28,30)/t16-,19?,20?,24?,25-/m1/s1. The Bertz CT molecular complexity index is 1030. The molecule has 2 fully saturated rings. The van der Waals surface area contributed by atoms with E-state index in [0.717, 1.165) is 31.2 Å². The van der Waals surface area contributed by atoms with Crippen molar-refractivity contribution in [2.45, 2.75) is 64.7 Å². The van der Waals surface area contributed by atoms with Crippen LogP contribution in [0, 0.1) is 35.9 Å². The van der Waals surface area contributed by atoms with Crippen molar-refractivity contribution in [3.05, 3.63) is 47.0 Å². The molecule has 1 aromatic heterocycles. The lowest BCUT2D eigenvalue weighted by molar-refractivity contribution is -0.129. The normalized spacial score (nSPS) is 31.6. The lowest BCUT2D eigenvalue weighted by Crippen LogP contribution is -2.44. The zero-order valence-corrected chi connectivity index (χ0v) is 18.1. The molecule has 0 spiro atoms. The van der Waals surface area contributed by atoms with Gasteiger partial charge in [0.05, 0.1) is 0 Å². The van der Waals surface area contributed by atoms with Crippen LogP contribution in [-0.2, 0) is 16.0 Å². The van der Waals surface area contributed by atoms with Crippen molar-refractivity contribution in [2.75, 3.05) is 5.32 Å². The molecule has 2 saturated carbocycles. The predicted molar refractivity (Wildman–Crippen MR) is 114 cm³/mol. The highest BCUT2D eigenvalue weighted by Crippen LogP contribution is 2.62. The molecule has 0 radical (unpaired) electrons. The van der Waals surface area contributed by atoms with E-state index in [0.29, 0.717) is 54.4 Å². The number of fused-ring (bicyclic) bond motifs is 5. The second-order valence-electron chi connectivity index (χ2n) is 9.93. The first-order valence-corrected chi connectivity index (χ1v) is 11.4. The summed E-state index contributed by atoms with van der Waals surface area (Å²) in [5, 5.41) is 6.61. The lowest BCUT2D eigenvalue weighted by Gasteiger charge is -2.50. The van der Waals surface area contributed by atoms with E-state index in [1.54, 1.807) is 25.1 Å². The maximum atomic E-state index is 13.7. The summed E-state index contributed by atoms with van der Waals surface area (Å²) >= 11 is 0. The molecule has 3 unspecified atom stereocenters. The molecular weight excluding hydrogens is 395 g/mol. The Hall–Kier alpha value is -2.50. The number of nitrogens with zero attached hydrogens (tertiary/aromatic N) is 1. The molecule has 5 nitrogen and oxygen atoms in total. The van der Waals surface area contributed by atoms with E-state index in [4.69, 9.17) is 4.52 Å². The summed E-state index contributed by atoms with van der Waals surface area (Å²) in [4.78, 5) is 25.5. The molecule has 1 aromatic carbocycles. The van der Waals surface area contributed by atoms with E-state index < -0.39 is 0 Å². The molecule has 5 rings (SSSR count). The monoisotopic (exact) mass is 424 g/mol. The number of hydrogen-bond donors (Lipinski definition) is 1. The van der Waals surface area contributed by atoms with Gasteiger partial charge in [0, 0.05) is 24.3 Å². The third-order valence-corrected chi connectivity index (χ3v) is 8.17. The number of aromatic nitrogens is 1. The van der Waals surface area contributed by atoms with Crippen LogP contribution in [-0.4, -0.2) is 16.8 Å². The average molecular weight is 425 g/mol. The van der Waals surface area contributed by atoms with Crippen molar-refractivity contribution in [3.8, 4) is 0 Å². The maximum Gasteiger partial charge on any atom is 0.225 e. The molecule has 0 saturated heterocycles. The van der Waals surface area contributed by atoms with Gasteiger partial charge in [-0.15, -0.1) is 0 Å². The number of amides is 1. The van der Waals surface area contributed by atoms with E-state index in [-0.39, 0.29) is 23.1 Å². The second kappa shape index (κ2) is 7.57. The van der Waals surface area contributed by atoms with Crippen molar-refractivity contribution in [1.29, 1.82) is 0 Å². The van der Waals surface area contributed by atoms with Crippen molar-refractivity contribution in [3.63, 3.8) is 0 Å². The van der Waals surface area contributed by atoms with Gasteiger partial charge in [-0.25, -0.2) is 4.39 Å². The molecular formula is C25H29FN2O3. The SMILES string of the molecule is Cc1cc(NC(=O)CC[C@@H]2CC(=O)[C@@]3(C)CCC4c5ccc(F)cc5CCC4C23)no1. The van der Waals surface area contributed by atoms with Crippen LogP contribution in [0.3, 0.4) is 0 Å². The number of ketones is 1. The Morgan fingerprint density at radius 3 is 2.94 bits per heavy atom. The Morgan fingerprint density at radius 2 is 2.16 bits per heavy atom. The van der Waals surface area contributed by atoms with E-state index in [1.165, 1.54) is 5.56 Å². The van der Waals surface area contributed by atoms with Crippen molar-refractivity contribution < 1.29 is 18.5 Å². The largest absolute Gasteiger partial charge is 0.360 e. The van der Waals surface area contributed by atoms with E-state index >= 15 is 0 Å². The van der Waals surface area contributed by atoms with Gasteiger partial charge in [0.2, 0.25) is 5.91 Å². The second-order valence-corrected chi connectivity index (χ2v) is 9.93. The predicted octanol–water partition coefficient (Wildman–Crippen LogP) is 5.19. The highest BCUT2D eigenvalue weighted by atomic mass is 19.1. The third kappa shape index (κ3) is 3.50. The van der Waals surface area contributed by atoms with Crippen molar-refractivity contribution >= 4 is 17.5 Å². The fraction of sp³-hybridized carbons (Fsp3) is 0.560. The van der Waals surface area contributed by atoms with Gasteiger partial charge >= 0.3 is 0 Å². The van der Waals surface area contributed by atoms with Crippen LogP contribution in [0.4, 0.5) is 10.2 Å². The number of rotatable bonds is 4. The summed E-state index contributed by atoms with van der Waals surface area (Å²) in [6, 6.07) is 6.92. The topological polar surface area (TPSA) is 72.2 Å². The van der Waals surface area contributed by atoms with Crippen LogP contribution in [0.5, 0.6) is 0 Å². The van der Waals surface area contributed by atoms with Crippen molar-refractivity contribution in [1.82, 2.24) is 5.16 Å². The summed E-state index contributed by atoms with van der Waals surface area (Å²) in [6.07, 6.45) is 5.38. The molecule has 3 aliphatic carbocycles. The molecule has 1 N–H and O–H groups in total. The van der Waals surface area contributed by atoms with Gasteiger partial charge in [0.15, 0.2) is 5.82 Å². The van der Waals surface area contributed by atoms with Crippen LogP contribution >= 0.6 is 0 Å². The first-order chi connectivity index (χ1) is 14.8. The van der Waals surface area contributed by atoms with Crippen LogP contribution < -0.4 is 5.32 Å². The summed E-state index contributed by atoms with van der Waals surface area (Å²) in [5.41, 5.74) is 2.12. The minimum atomic E-state index is -0.289. The first kappa shape index (κ1) is 20.4. The van der Waals surface area contributed by atoms with Gasteiger partial charge in [0.1, 0.15) is 17.4 Å². The molecule has 2 aromatic rings. The van der Waals surface area contributed by atoms with Gasteiger partial charge in [-0.3, -0.25) is 9.59 Å². The van der Waals surface area contributed by atoms with E-state index in [9.17, 15) is 14.0 Å². The summed E-state index contributed by atoms with van der Waals surface area (Å²) in [5.74, 6) is 2.51. The molecule has 31 heavy (non-hydrogen) atoms. The summed E-state index contributed by atoms with van der Waals surface area (Å²) in [6.45, 7) is 3.93. The minimum Gasteiger partial charge on any atom is -0.360 e. The highest BCUT2D eigenvalue weighted by molar-refractivity contribution is 5.90. The van der Waals surface area contributed by atoms with Crippen molar-refractivity contribution in [2.24, 2.45) is 23.2 Å². The Labute approximate surface area is 181 Å².